The van der Waals surface area contributed by atoms with Crippen LogP contribution in [-0.4, -0.2) is 52.9 Å². The molecule has 0 aromatic heterocycles. The molecule has 1 rings (SSSR count). The molecule has 0 bridgehead atoms. The summed E-state index contributed by atoms with van der Waals surface area (Å²) >= 11 is 0. The second-order valence-electron chi connectivity index (χ2n) is 5.09. The summed E-state index contributed by atoms with van der Waals surface area (Å²) in [6, 6.07) is 10.5. The van der Waals surface area contributed by atoms with Gasteiger partial charge in [0, 0.05) is 46.0 Å². The van der Waals surface area contributed by atoms with Crippen LogP contribution in [0.1, 0.15) is 19.8 Å². The third-order valence-corrected chi connectivity index (χ3v) is 3.38. The van der Waals surface area contributed by atoms with E-state index in [0.717, 1.165) is 45.0 Å². The van der Waals surface area contributed by atoms with Crippen LogP contribution in [0.5, 0.6) is 0 Å². The molecule has 0 aliphatic rings. The Morgan fingerprint density at radius 3 is 2.48 bits per heavy atom. The van der Waals surface area contributed by atoms with E-state index in [2.05, 4.69) is 51.8 Å². The van der Waals surface area contributed by atoms with Gasteiger partial charge in [-0.3, -0.25) is 4.99 Å². The molecule has 0 fully saturated rings. The summed E-state index contributed by atoms with van der Waals surface area (Å²) in [6.07, 6.45) is 2.26. The van der Waals surface area contributed by atoms with E-state index in [1.54, 1.807) is 7.05 Å². The smallest absolute Gasteiger partial charge is 0.191 e. The van der Waals surface area contributed by atoms with E-state index in [4.69, 9.17) is 4.74 Å². The second-order valence-corrected chi connectivity index (χ2v) is 5.09. The summed E-state index contributed by atoms with van der Waals surface area (Å²) in [4.78, 5) is 6.48. The Kier molecular flexibility index (Phi) is 13.9. The van der Waals surface area contributed by atoms with Crippen LogP contribution in [0.4, 0.5) is 5.69 Å². The monoisotopic (exact) mass is 434 g/mol. The fourth-order valence-electron chi connectivity index (χ4n) is 2.10. The number of anilines is 1. The number of nitrogens with zero attached hydrogens (tertiary/aromatic N) is 2. The van der Waals surface area contributed by atoms with Crippen molar-refractivity contribution in [2.75, 3.05) is 51.8 Å². The van der Waals surface area contributed by atoms with Crippen molar-refractivity contribution in [2.24, 2.45) is 4.99 Å². The molecule has 23 heavy (non-hydrogen) atoms. The van der Waals surface area contributed by atoms with E-state index in [1.165, 1.54) is 5.69 Å². The number of rotatable bonds is 10. The van der Waals surface area contributed by atoms with Gasteiger partial charge in [-0.05, 0) is 31.9 Å². The minimum atomic E-state index is 0. The molecule has 2 N–H and O–H groups in total. The summed E-state index contributed by atoms with van der Waals surface area (Å²) in [7, 11) is 3.93. The maximum absolute atomic E-state index is 5.29. The number of halogens is 1. The summed E-state index contributed by atoms with van der Waals surface area (Å²) in [5.41, 5.74) is 1.27. The molecule has 0 unspecified atom stereocenters. The normalized spacial score (nSPS) is 10.8. The summed E-state index contributed by atoms with van der Waals surface area (Å²) in [6.45, 7) is 6.23. The molecule has 0 atom stereocenters. The number of hydrogen-bond donors (Lipinski definition) is 2. The van der Waals surface area contributed by atoms with Gasteiger partial charge in [-0.25, -0.2) is 0 Å². The summed E-state index contributed by atoms with van der Waals surface area (Å²) < 4.78 is 5.29. The van der Waals surface area contributed by atoms with Crippen molar-refractivity contribution in [3.8, 4) is 0 Å². The standard InChI is InChI=1S/C17H30N4O.HI/c1-4-22-15-13-20-17(18-2)19-12-8-9-14-21(3)16-10-6-5-7-11-16;/h5-7,10-11H,4,8-9,12-15H2,1-3H3,(H2,18,19,20);1H. The van der Waals surface area contributed by atoms with Crippen LogP contribution in [0.2, 0.25) is 0 Å². The van der Waals surface area contributed by atoms with Crippen LogP contribution in [-0.2, 0) is 4.74 Å². The van der Waals surface area contributed by atoms with Gasteiger partial charge in [-0.15, -0.1) is 24.0 Å². The summed E-state index contributed by atoms with van der Waals surface area (Å²) in [5.74, 6) is 0.844. The lowest BCUT2D eigenvalue weighted by molar-refractivity contribution is 0.152. The molecule has 0 amide bonds. The van der Waals surface area contributed by atoms with Crippen molar-refractivity contribution < 1.29 is 4.74 Å². The van der Waals surface area contributed by atoms with Gasteiger partial charge in [-0.1, -0.05) is 18.2 Å². The highest BCUT2D eigenvalue weighted by atomic mass is 127. The van der Waals surface area contributed by atoms with Gasteiger partial charge >= 0.3 is 0 Å². The predicted molar refractivity (Wildman–Crippen MR) is 110 cm³/mol. The SMILES string of the molecule is CCOCCNC(=NC)NCCCCN(C)c1ccccc1.I. The molecule has 0 aliphatic carbocycles. The number of guanidine groups is 1. The van der Waals surface area contributed by atoms with Gasteiger partial charge in [0.15, 0.2) is 5.96 Å². The molecule has 0 radical (unpaired) electrons. The number of para-hydroxylation sites is 1. The number of ether oxygens (including phenoxy) is 1. The number of aliphatic imine (C=N–C) groups is 1. The average molecular weight is 434 g/mol. The Hall–Kier alpha value is -1.02. The first-order valence-electron chi connectivity index (χ1n) is 8.06. The van der Waals surface area contributed by atoms with Gasteiger partial charge in [-0.2, -0.15) is 0 Å². The first kappa shape index (κ1) is 22.0. The number of nitrogens with one attached hydrogen (secondary N) is 2. The first-order chi connectivity index (χ1) is 10.8. The minimum absolute atomic E-state index is 0. The Morgan fingerprint density at radius 1 is 1.13 bits per heavy atom. The van der Waals surface area contributed by atoms with Gasteiger partial charge in [0.1, 0.15) is 0 Å². The van der Waals surface area contributed by atoms with Crippen LogP contribution in [0, 0.1) is 0 Å². The Labute approximate surface area is 157 Å². The van der Waals surface area contributed by atoms with Crippen molar-refractivity contribution in [2.45, 2.75) is 19.8 Å². The van der Waals surface area contributed by atoms with Gasteiger partial charge in [0.25, 0.3) is 0 Å². The molecule has 0 spiro atoms. The number of benzene rings is 1. The average Bonchev–Trinajstić information content (AvgIpc) is 2.57. The van der Waals surface area contributed by atoms with E-state index in [0.29, 0.717) is 6.61 Å². The van der Waals surface area contributed by atoms with Crippen molar-refractivity contribution in [1.29, 1.82) is 0 Å². The molecule has 0 aliphatic heterocycles. The molecule has 0 heterocycles. The number of unbranched alkanes of at least 4 members (excludes halogenated alkanes) is 1. The minimum Gasteiger partial charge on any atom is -0.380 e. The molecule has 1 aromatic rings. The molecule has 5 nitrogen and oxygen atoms in total. The molecular weight excluding hydrogens is 403 g/mol. The Morgan fingerprint density at radius 2 is 1.83 bits per heavy atom. The molecule has 132 valence electrons. The van der Waals surface area contributed by atoms with Crippen LogP contribution in [0.25, 0.3) is 0 Å². The van der Waals surface area contributed by atoms with Gasteiger partial charge in [0.05, 0.1) is 6.61 Å². The predicted octanol–water partition coefficient (Wildman–Crippen LogP) is 2.72. The van der Waals surface area contributed by atoms with Crippen LogP contribution >= 0.6 is 24.0 Å². The molecule has 1 aromatic carbocycles. The molecule has 0 saturated carbocycles. The van der Waals surface area contributed by atoms with E-state index in [9.17, 15) is 0 Å². The van der Waals surface area contributed by atoms with Crippen LogP contribution in [0.15, 0.2) is 35.3 Å². The summed E-state index contributed by atoms with van der Waals surface area (Å²) in [5, 5.41) is 6.56. The first-order valence-corrected chi connectivity index (χ1v) is 8.06. The third kappa shape index (κ3) is 10.4. The Balaban J connectivity index is 0.00000484. The van der Waals surface area contributed by atoms with Gasteiger partial charge in [0.2, 0.25) is 0 Å². The van der Waals surface area contributed by atoms with Crippen molar-refractivity contribution in [3.63, 3.8) is 0 Å². The topological polar surface area (TPSA) is 48.9 Å². The quantitative estimate of drug-likeness (QED) is 0.257. The largest absolute Gasteiger partial charge is 0.380 e. The zero-order valence-corrected chi connectivity index (χ0v) is 16.9. The zero-order chi connectivity index (χ0) is 16.0. The van der Waals surface area contributed by atoms with E-state index in [1.807, 2.05) is 13.0 Å². The highest BCUT2D eigenvalue weighted by Crippen LogP contribution is 2.11. The van der Waals surface area contributed by atoms with E-state index < -0.39 is 0 Å². The fourth-order valence-corrected chi connectivity index (χ4v) is 2.10. The molecule has 6 heteroatoms. The van der Waals surface area contributed by atoms with E-state index in [-0.39, 0.29) is 24.0 Å². The second kappa shape index (κ2) is 14.6. The van der Waals surface area contributed by atoms with E-state index >= 15 is 0 Å². The maximum Gasteiger partial charge on any atom is 0.191 e. The maximum atomic E-state index is 5.29. The highest BCUT2D eigenvalue weighted by molar-refractivity contribution is 14.0. The fraction of sp³-hybridized carbons (Fsp3) is 0.588. The lowest BCUT2D eigenvalue weighted by atomic mass is 10.2. The third-order valence-electron chi connectivity index (χ3n) is 3.38. The van der Waals surface area contributed by atoms with Gasteiger partial charge < -0.3 is 20.3 Å². The number of hydrogen-bond acceptors (Lipinski definition) is 3. The van der Waals surface area contributed by atoms with Crippen LogP contribution in [0.3, 0.4) is 0 Å². The molecular formula is C17H31IN4O. The van der Waals surface area contributed by atoms with Crippen molar-refractivity contribution in [3.05, 3.63) is 30.3 Å². The van der Waals surface area contributed by atoms with Crippen molar-refractivity contribution in [1.82, 2.24) is 10.6 Å². The molecule has 0 saturated heterocycles. The Bertz CT molecular complexity index is 414. The lowest BCUT2D eigenvalue weighted by Gasteiger charge is -2.19. The van der Waals surface area contributed by atoms with Crippen LogP contribution < -0.4 is 15.5 Å². The zero-order valence-electron chi connectivity index (χ0n) is 14.5. The lowest BCUT2D eigenvalue weighted by Crippen LogP contribution is -2.39. The van der Waals surface area contributed by atoms with Crippen molar-refractivity contribution >= 4 is 35.6 Å². The highest BCUT2D eigenvalue weighted by Gasteiger charge is 2.00.